The summed E-state index contributed by atoms with van der Waals surface area (Å²) in [5.74, 6) is 3.07. The van der Waals surface area contributed by atoms with E-state index in [-0.39, 0.29) is 5.41 Å². The number of fused-ring (bicyclic) bond motifs is 5. The van der Waals surface area contributed by atoms with Crippen molar-refractivity contribution in [3.8, 4) is 0 Å². The van der Waals surface area contributed by atoms with Crippen molar-refractivity contribution < 1.29 is 9.53 Å². The highest BCUT2D eigenvalue weighted by Crippen LogP contribution is 2.66. The first-order chi connectivity index (χ1) is 14.8. The summed E-state index contributed by atoms with van der Waals surface area (Å²) in [7, 11) is 0. The van der Waals surface area contributed by atoms with Crippen LogP contribution in [0.1, 0.15) is 83.3 Å². The number of carbonyl (C=O) groups excluding carboxylic acids is 1. The van der Waals surface area contributed by atoms with Gasteiger partial charge in [0.25, 0.3) is 0 Å². The van der Waals surface area contributed by atoms with E-state index < -0.39 is 0 Å². The first-order valence-electron chi connectivity index (χ1n) is 12.7. The predicted octanol–water partition coefficient (Wildman–Crippen LogP) is 7.05. The summed E-state index contributed by atoms with van der Waals surface area (Å²) in [6.45, 7) is 9.71. The molecule has 3 saturated carbocycles. The lowest BCUT2D eigenvalue weighted by molar-refractivity contribution is -0.127. The average Bonchev–Trinajstić information content (AvgIpc) is 3.11. The number of rotatable bonds is 4. The summed E-state index contributed by atoms with van der Waals surface area (Å²) in [5, 5.41) is 0. The Morgan fingerprint density at radius 3 is 2.55 bits per heavy atom. The molecule has 0 aromatic heterocycles. The number of aryl methyl sites for hydroxylation is 1. The lowest BCUT2D eigenvalue weighted by Gasteiger charge is -2.58. The van der Waals surface area contributed by atoms with E-state index in [0.29, 0.717) is 23.2 Å². The average molecular weight is 421 g/mol. The molecule has 7 atom stereocenters. The molecule has 3 fully saturated rings. The molecule has 0 heterocycles. The minimum Gasteiger partial charge on any atom is -0.373 e. The van der Waals surface area contributed by atoms with Gasteiger partial charge in [-0.3, -0.25) is 4.79 Å². The molecule has 0 amide bonds. The Hall–Kier alpha value is -1.41. The lowest BCUT2D eigenvalue weighted by Crippen LogP contribution is -2.51. The van der Waals surface area contributed by atoms with Crippen LogP contribution >= 0.6 is 0 Å². The van der Waals surface area contributed by atoms with Crippen LogP contribution in [-0.2, 0) is 16.1 Å². The minimum absolute atomic E-state index is 0.253. The number of ketones is 1. The van der Waals surface area contributed by atoms with E-state index in [0.717, 1.165) is 37.2 Å². The van der Waals surface area contributed by atoms with Gasteiger partial charge in [-0.2, -0.15) is 0 Å². The molecule has 0 spiro atoms. The van der Waals surface area contributed by atoms with Gasteiger partial charge in [0, 0.05) is 5.92 Å². The van der Waals surface area contributed by atoms with Gasteiger partial charge in [0.1, 0.15) is 5.78 Å². The Morgan fingerprint density at radius 2 is 1.81 bits per heavy atom. The second kappa shape index (κ2) is 7.87. The maximum atomic E-state index is 12.3. The van der Waals surface area contributed by atoms with Crippen LogP contribution in [0.15, 0.2) is 35.9 Å². The first-order valence-corrected chi connectivity index (χ1v) is 12.7. The Balaban J connectivity index is 1.29. The molecule has 4 aliphatic carbocycles. The smallest absolute Gasteiger partial charge is 0.133 e. The zero-order valence-corrected chi connectivity index (χ0v) is 20.0. The Bertz CT molecular complexity index is 867. The largest absolute Gasteiger partial charge is 0.373 e. The second-order valence-electron chi connectivity index (χ2n) is 11.7. The summed E-state index contributed by atoms with van der Waals surface area (Å²) < 4.78 is 6.39. The minimum atomic E-state index is 0.253. The Labute approximate surface area is 188 Å². The first kappa shape index (κ1) is 21.4. The summed E-state index contributed by atoms with van der Waals surface area (Å²) in [4.78, 5) is 12.3. The van der Waals surface area contributed by atoms with E-state index in [9.17, 15) is 4.79 Å². The third-order valence-electron chi connectivity index (χ3n) is 10.2. The molecular formula is C29H40O2. The van der Waals surface area contributed by atoms with Gasteiger partial charge < -0.3 is 4.74 Å². The summed E-state index contributed by atoms with van der Waals surface area (Å²) in [6.07, 6.45) is 12.7. The maximum Gasteiger partial charge on any atom is 0.133 e. The van der Waals surface area contributed by atoms with Crippen molar-refractivity contribution in [1.29, 1.82) is 0 Å². The van der Waals surface area contributed by atoms with E-state index in [2.05, 4.69) is 51.1 Å². The molecule has 0 radical (unpaired) electrons. The molecule has 0 bridgehead atoms. The monoisotopic (exact) mass is 420 g/mol. The fraction of sp³-hybridized carbons (Fsp3) is 0.690. The van der Waals surface area contributed by atoms with Crippen molar-refractivity contribution in [1.82, 2.24) is 0 Å². The molecular weight excluding hydrogens is 380 g/mol. The SMILES string of the molecule is CC(=O)C1CCC2C3CC=C4CC(OCc5ccc(C)cc5)CCC4(C)C3CCC12C. The number of hydrogen-bond donors (Lipinski definition) is 0. The van der Waals surface area contributed by atoms with E-state index in [1.807, 2.05) is 6.92 Å². The molecule has 168 valence electrons. The predicted molar refractivity (Wildman–Crippen MR) is 126 cm³/mol. The van der Waals surface area contributed by atoms with Gasteiger partial charge in [-0.15, -0.1) is 0 Å². The van der Waals surface area contributed by atoms with Crippen LogP contribution in [0.25, 0.3) is 0 Å². The van der Waals surface area contributed by atoms with E-state index in [1.165, 1.54) is 49.7 Å². The summed E-state index contributed by atoms with van der Waals surface area (Å²) in [6, 6.07) is 8.75. The van der Waals surface area contributed by atoms with Crippen LogP contribution in [0, 0.1) is 41.4 Å². The Kier molecular flexibility index (Phi) is 5.44. The number of carbonyl (C=O) groups is 1. The number of ether oxygens (including phenoxy) is 1. The van der Waals surface area contributed by atoms with Crippen molar-refractivity contribution in [3.05, 3.63) is 47.0 Å². The number of benzene rings is 1. The third-order valence-corrected chi connectivity index (χ3v) is 10.2. The molecule has 1 aromatic carbocycles. The van der Waals surface area contributed by atoms with Crippen LogP contribution in [-0.4, -0.2) is 11.9 Å². The number of Topliss-reactive ketones (excluding diaryl/α,β-unsaturated/α-hetero) is 1. The van der Waals surface area contributed by atoms with Crippen LogP contribution in [0.4, 0.5) is 0 Å². The lowest BCUT2D eigenvalue weighted by atomic mass is 9.47. The molecule has 0 N–H and O–H groups in total. The normalized spacial score (nSPS) is 41.7. The molecule has 4 aliphatic rings. The molecule has 0 aliphatic heterocycles. The van der Waals surface area contributed by atoms with E-state index in [1.54, 1.807) is 5.57 Å². The highest BCUT2D eigenvalue weighted by Gasteiger charge is 2.59. The van der Waals surface area contributed by atoms with Gasteiger partial charge in [0.2, 0.25) is 0 Å². The topological polar surface area (TPSA) is 26.3 Å². The zero-order valence-electron chi connectivity index (χ0n) is 20.0. The molecule has 5 rings (SSSR count). The van der Waals surface area contributed by atoms with Gasteiger partial charge in [0.15, 0.2) is 0 Å². The molecule has 31 heavy (non-hydrogen) atoms. The van der Waals surface area contributed by atoms with Gasteiger partial charge in [0.05, 0.1) is 12.7 Å². The summed E-state index contributed by atoms with van der Waals surface area (Å²) >= 11 is 0. The van der Waals surface area contributed by atoms with Crippen molar-refractivity contribution in [2.75, 3.05) is 0 Å². The highest BCUT2D eigenvalue weighted by molar-refractivity contribution is 5.79. The van der Waals surface area contributed by atoms with Gasteiger partial charge >= 0.3 is 0 Å². The van der Waals surface area contributed by atoms with Gasteiger partial charge in [-0.1, -0.05) is 55.3 Å². The second-order valence-corrected chi connectivity index (χ2v) is 11.7. The van der Waals surface area contributed by atoms with Crippen molar-refractivity contribution in [3.63, 3.8) is 0 Å². The quantitative estimate of drug-likeness (QED) is 0.488. The molecule has 7 unspecified atom stereocenters. The third kappa shape index (κ3) is 3.54. The number of allylic oxidation sites excluding steroid dienone is 1. The Morgan fingerprint density at radius 1 is 1.03 bits per heavy atom. The molecule has 0 saturated heterocycles. The number of hydrogen-bond acceptors (Lipinski definition) is 2. The van der Waals surface area contributed by atoms with Crippen LogP contribution < -0.4 is 0 Å². The van der Waals surface area contributed by atoms with Crippen LogP contribution in [0.2, 0.25) is 0 Å². The van der Waals surface area contributed by atoms with Crippen LogP contribution in [0.5, 0.6) is 0 Å². The van der Waals surface area contributed by atoms with E-state index >= 15 is 0 Å². The fourth-order valence-corrected chi connectivity index (χ4v) is 8.34. The maximum absolute atomic E-state index is 12.3. The molecule has 2 heteroatoms. The van der Waals surface area contributed by atoms with E-state index in [4.69, 9.17) is 4.74 Å². The van der Waals surface area contributed by atoms with Crippen molar-refractivity contribution in [2.24, 2.45) is 34.5 Å². The van der Waals surface area contributed by atoms with Gasteiger partial charge in [-0.25, -0.2) is 0 Å². The highest BCUT2D eigenvalue weighted by atomic mass is 16.5. The van der Waals surface area contributed by atoms with Crippen LogP contribution in [0.3, 0.4) is 0 Å². The van der Waals surface area contributed by atoms with Crippen molar-refractivity contribution >= 4 is 5.78 Å². The molecule has 2 nitrogen and oxygen atoms in total. The van der Waals surface area contributed by atoms with Gasteiger partial charge in [-0.05, 0) is 99.4 Å². The standard InChI is InChI=1S/C29H40O2/c1-19-5-7-21(8-6-19)18-31-23-13-15-28(3)22(17-23)9-10-24-26-12-11-25(20(2)30)29(26,4)16-14-27(24)28/h5-9,23-27H,10-18H2,1-4H3. The zero-order chi connectivity index (χ0) is 21.8. The summed E-state index contributed by atoms with van der Waals surface area (Å²) in [5.41, 5.74) is 4.87. The fourth-order valence-electron chi connectivity index (χ4n) is 8.34. The van der Waals surface area contributed by atoms with Crippen molar-refractivity contribution in [2.45, 2.75) is 91.8 Å². The molecule has 1 aromatic rings.